The molecular formula is C12H23NO. The third-order valence-corrected chi connectivity index (χ3v) is 4.06. The van der Waals surface area contributed by atoms with E-state index < -0.39 is 0 Å². The van der Waals surface area contributed by atoms with Crippen LogP contribution in [0, 0.1) is 5.41 Å². The van der Waals surface area contributed by atoms with Gasteiger partial charge in [-0.25, -0.2) is 0 Å². The second-order valence-corrected chi connectivity index (χ2v) is 5.24. The zero-order valence-electron chi connectivity index (χ0n) is 9.51. The number of hydrogen-bond donors (Lipinski definition) is 1. The molecule has 0 bridgehead atoms. The highest BCUT2D eigenvalue weighted by Gasteiger charge is 2.41. The monoisotopic (exact) mass is 197 g/mol. The van der Waals surface area contributed by atoms with E-state index in [0.29, 0.717) is 17.6 Å². The Kier molecular flexibility index (Phi) is 3.13. The Morgan fingerprint density at radius 2 is 2.00 bits per heavy atom. The maximum atomic E-state index is 6.13. The Labute approximate surface area is 87.4 Å². The summed E-state index contributed by atoms with van der Waals surface area (Å²) in [7, 11) is 2.01. The smallest absolute Gasteiger partial charge is 0.0704 e. The molecule has 1 aliphatic carbocycles. The second-order valence-electron chi connectivity index (χ2n) is 5.24. The first-order valence-corrected chi connectivity index (χ1v) is 6.05. The van der Waals surface area contributed by atoms with Crippen molar-refractivity contribution in [2.75, 3.05) is 13.6 Å². The number of hydrogen-bond acceptors (Lipinski definition) is 2. The molecule has 82 valence electrons. The maximum absolute atomic E-state index is 6.13. The Hall–Kier alpha value is -0.0800. The fourth-order valence-corrected chi connectivity index (χ4v) is 3.10. The first kappa shape index (κ1) is 10.4. The van der Waals surface area contributed by atoms with Gasteiger partial charge in [-0.3, -0.25) is 0 Å². The fraction of sp³-hybridized carbons (Fsp3) is 1.00. The molecule has 2 aliphatic rings. The van der Waals surface area contributed by atoms with Crippen LogP contribution in [-0.2, 0) is 4.74 Å². The lowest BCUT2D eigenvalue weighted by Crippen LogP contribution is -2.31. The van der Waals surface area contributed by atoms with E-state index in [2.05, 4.69) is 12.2 Å². The molecule has 0 radical (unpaired) electrons. The number of nitrogens with one attached hydrogen (secondary N) is 1. The largest absolute Gasteiger partial charge is 0.373 e. The van der Waals surface area contributed by atoms with E-state index in [4.69, 9.17) is 4.74 Å². The summed E-state index contributed by atoms with van der Waals surface area (Å²) >= 11 is 0. The van der Waals surface area contributed by atoms with E-state index in [-0.39, 0.29) is 0 Å². The summed E-state index contributed by atoms with van der Waals surface area (Å²) in [6.45, 7) is 3.44. The molecule has 0 amide bonds. The summed E-state index contributed by atoms with van der Waals surface area (Å²) in [6, 6.07) is 0. The third kappa shape index (κ3) is 1.96. The van der Waals surface area contributed by atoms with E-state index in [0.717, 1.165) is 6.54 Å². The van der Waals surface area contributed by atoms with Crippen LogP contribution >= 0.6 is 0 Å². The van der Waals surface area contributed by atoms with E-state index in [1.807, 2.05) is 7.05 Å². The molecule has 1 heterocycles. The quantitative estimate of drug-likeness (QED) is 0.750. The highest BCUT2D eigenvalue weighted by atomic mass is 16.5. The lowest BCUT2D eigenvalue weighted by Gasteiger charge is -2.31. The van der Waals surface area contributed by atoms with Crippen molar-refractivity contribution in [3.63, 3.8) is 0 Å². The van der Waals surface area contributed by atoms with Crippen LogP contribution in [0.25, 0.3) is 0 Å². The van der Waals surface area contributed by atoms with Gasteiger partial charge in [-0.15, -0.1) is 0 Å². The molecule has 2 unspecified atom stereocenters. The molecule has 1 saturated heterocycles. The molecular weight excluding hydrogens is 174 g/mol. The Balaban J connectivity index is 1.88. The highest BCUT2D eigenvalue weighted by Crippen LogP contribution is 2.45. The van der Waals surface area contributed by atoms with Gasteiger partial charge < -0.3 is 10.1 Å². The average molecular weight is 197 g/mol. The predicted molar refractivity (Wildman–Crippen MR) is 58.4 cm³/mol. The topological polar surface area (TPSA) is 21.3 Å². The average Bonchev–Trinajstić information content (AvgIpc) is 2.75. The minimum absolute atomic E-state index is 0.474. The molecule has 2 rings (SSSR count). The van der Waals surface area contributed by atoms with Crippen LogP contribution in [-0.4, -0.2) is 25.8 Å². The van der Waals surface area contributed by atoms with Crippen molar-refractivity contribution in [3.05, 3.63) is 0 Å². The third-order valence-electron chi connectivity index (χ3n) is 4.06. The molecule has 1 aliphatic heterocycles. The van der Waals surface area contributed by atoms with Crippen molar-refractivity contribution in [2.24, 2.45) is 5.41 Å². The van der Waals surface area contributed by atoms with Crippen LogP contribution in [0.1, 0.15) is 45.4 Å². The van der Waals surface area contributed by atoms with E-state index in [1.165, 1.54) is 38.5 Å². The maximum Gasteiger partial charge on any atom is 0.0704 e. The van der Waals surface area contributed by atoms with Gasteiger partial charge >= 0.3 is 0 Å². The number of likely N-dealkylation sites (N-methyl/N-ethyl adjacent to an activating group) is 1. The van der Waals surface area contributed by atoms with Crippen molar-refractivity contribution in [2.45, 2.75) is 57.7 Å². The summed E-state index contributed by atoms with van der Waals surface area (Å²) in [5.41, 5.74) is 0.502. The fourth-order valence-electron chi connectivity index (χ4n) is 3.10. The van der Waals surface area contributed by atoms with Crippen molar-refractivity contribution in [1.82, 2.24) is 5.32 Å². The Morgan fingerprint density at radius 3 is 2.64 bits per heavy atom. The minimum Gasteiger partial charge on any atom is -0.373 e. The lowest BCUT2D eigenvalue weighted by atomic mass is 9.81. The van der Waals surface area contributed by atoms with Gasteiger partial charge in [0.2, 0.25) is 0 Å². The van der Waals surface area contributed by atoms with Gasteiger partial charge in [0.25, 0.3) is 0 Å². The zero-order valence-corrected chi connectivity index (χ0v) is 9.51. The molecule has 0 spiro atoms. The predicted octanol–water partition coefficient (Wildman–Crippen LogP) is 2.33. The molecule has 0 aromatic rings. The number of rotatable bonds is 3. The summed E-state index contributed by atoms with van der Waals surface area (Å²) < 4.78 is 6.13. The van der Waals surface area contributed by atoms with Gasteiger partial charge in [0.05, 0.1) is 12.2 Å². The molecule has 2 atom stereocenters. The first-order valence-electron chi connectivity index (χ1n) is 6.05. The van der Waals surface area contributed by atoms with Crippen molar-refractivity contribution in [1.29, 1.82) is 0 Å². The van der Waals surface area contributed by atoms with Crippen LogP contribution < -0.4 is 5.32 Å². The Morgan fingerprint density at radius 1 is 1.29 bits per heavy atom. The van der Waals surface area contributed by atoms with Crippen LogP contribution in [0.5, 0.6) is 0 Å². The van der Waals surface area contributed by atoms with Gasteiger partial charge in [0.1, 0.15) is 0 Å². The minimum atomic E-state index is 0.474. The van der Waals surface area contributed by atoms with Gasteiger partial charge in [0, 0.05) is 6.54 Å². The molecule has 2 heteroatoms. The molecule has 14 heavy (non-hydrogen) atoms. The molecule has 1 saturated carbocycles. The Bertz CT molecular complexity index is 187. The molecule has 0 aromatic heterocycles. The van der Waals surface area contributed by atoms with Gasteiger partial charge in [-0.2, -0.15) is 0 Å². The zero-order chi connectivity index (χ0) is 10.0. The van der Waals surface area contributed by atoms with Gasteiger partial charge in [-0.1, -0.05) is 19.8 Å². The summed E-state index contributed by atoms with van der Waals surface area (Å²) in [5, 5.41) is 3.21. The molecule has 1 N–H and O–H groups in total. The van der Waals surface area contributed by atoms with Crippen LogP contribution in [0.2, 0.25) is 0 Å². The normalized spacial score (nSPS) is 36.4. The summed E-state index contributed by atoms with van der Waals surface area (Å²) in [4.78, 5) is 0. The van der Waals surface area contributed by atoms with Crippen LogP contribution in [0.4, 0.5) is 0 Å². The molecule has 2 nitrogen and oxygen atoms in total. The van der Waals surface area contributed by atoms with Crippen LogP contribution in [0.15, 0.2) is 0 Å². The molecule has 2 fully saturated rings. The van der Waals surface area contributed by atoms with Crippen molar-refractivity contribution >= 4 is 0 Å². The SMILES string of the molecule is CNCC1CCC(C2(C)CCCC2)O1. The standard InChI is InChI=1S/C12H23NO/c1-12(7-3-4-8-12)11-6-5-10(14-11)9-13-2/h10-11,13H,3-9H2,1-2H3. The van der Waals surface area contributed by atoms with E-state index in [9.17, 15) is 0 Å². The summed E-state index contributed by atoms with van der Waals surface area (Å²) in [6.07, 6.45) is 9.13. The summed E-state index contributed by atoms with van der Waals surface area (Å²) in [5.74, 6) is 0. The van der Waals surface area contributed by atoms with E-state index in [1.54, 1.807) is 0 Å². The second kappa shape index (κ2) is 4.19. The van der Waals surface area contributed by atoms with Crippen molar-refractivity contribution < 1.29 is 4.74 Å². The first-order chi connectivity index (χ1) is 6.74. The van der Waals surface area contributed by atoms with Crippen LogP contribution in [0.3, 0.4) is 0 Å². The van der Waals surface area contributed by atoms with Crippen molar-refractivity contribution in [3.8, 4) is 0 Å². The van der Waals surface area contributed by atoms with E-state index >= 15 is 0 Å². The highest BCUT2D eigenvalue weighted by molar-refractivity contribution is 4.91. The number of ether oxygens (including phenoxy) is 1. The van der Waals surface area contributed by atoms with Gasteiger partial charge in [0.15, 0.2) is 0 Å². The molecule has 0 aromatic carbocycles. The van der Waals surface area contributed by atoms with Gasteiger partial charge in [-0.05, 0) is 38.1 Å². The lowest BCUT2D eigenvalue weighted by molar-refractivity contribution is -0.0263.